The topological polar surface area (TPSA) is 35.2 Å². The summed E-state index contributed by atoms with van der Waals surface area (Å²) in [5, 5.41) is 2.47. The highest BCUT2D eigenvalue weighted by molar-refractivity contribution is 5.83. The van der Waals surface area contributed by atoms with Crippen molar-refractivity contribution in [2.75, 3.05) is 0 Å². The fourth-order valence-corrected chi connectivity index (χ4v) is 2.86. The molecule has 0 saturated heterocycles. The molecule has 2 atom stereocenters. The molecule has 2 nitrogen and oxygen atoms in total. The van der Waals surface area contributed by atoms with Gasteiger partial charge < -0.3 is 10.5 Å². The highest BCUT2D eigenvalue weighted by Gasteiger charge is 2.21. The third-order valence-electron chi connectivity index (χ3n) is 4.01. The Labute approximate surface area is 114 Å². The maximum atomic E-state index is 6.21. The van der Waals surface area contributed by atoms with Crippen molar-refractivity contribution < 1.29 is 4.74 Å². The van der Waals surface area contributed by atoms with E-state index in [1.165, 1.54) is 30.0 Å². The zero-order chi connectivity index (χ0) is 13.1. The third kappa shape index (κ3) is 2.90. The van der Waals surface area contributed by atoms with Gasteiger partial charge in [0.1, 0.15) is 11.9 Å². The molecular formula is C17H21NO. The molecule has 0 spiro atoms. The maximum absolute atomic E-state index is 6.21. The SMILES string of the molecule is NC1CCCCCC1Oc1ccc2ccccc2c1. The second kappa shape index (κ2) is 5.62. The van der Waals surface area contributed by atoms with E-state index in [4.69, 9.17) is 10.5 Å². The van der Waals surface area contributed by atoms with Crippen LogP contribution >= 0.6 is 0 Å². The van der Waals surface area contributed by atoms with Crippen molar-refractivity contribution in [2.24, 2.45) is 5.73 Å². The Bertz CT molecular complexity index is 552. The molecule has 3 rings (SSSR count). The lowest BCUT2D eigenvalue weighted by molar-refractivity contribution is 0.163. The molecule has 0 heterocycles. The third-order valence-corrected chi connectivity index (χ3v) is 4.01. The molecule has 1 aliphatic rings. The molecule has 1 saturated carbocycles. The predicted octanol–water partition coefficient (Wildman–Crippen LogP) is 3.88. The molecule has 0 aliphatic heterocycles. The summed E-state index contributed by atoms with van der Waals surface area (Å²) >= 11 is 0. The monoisotopic (exact) mass is 255 g/mol. The van der Waals surface area contributed by atoms with E-state index in [1.807, 2.05) is 0 Å². The number of hydrogen-bond donors (Lipinski definition) is 1. The van der Waals surface area contributed by atoms with Gasteiger partial charge in [0.05, 0.1) is 0 Å². The van der Waals surface area contributed by atoms with Gasteiger partial charge in [-0.3, -0.25) is 0 Å². The minimum atomic E-state index is 0.170. The minimum absolute atomic E-state index is 0.170. The molecule has 2 heteroatoms. The highest BCUT2D eigenvalue weighted by atomic mass is 16.5. The first-order chi connectivity index (χ1) is 9.33. The van der Waals surface area contributed by atoms with Crippen LogP contribution in [0.5, 0.6) is 5.75 Å². The molecule has 0 bridgehead atoms. The quantitative estimate of drug-likeness (QED) is 0.826. The van der Waals surface area contributed by atoms with Gasteiger partial charge in [-0.05, 0) is 42.2 Å². The second-order valence-electron chi connectivity index (χ2n) is 5.47. The Kier molecular flexibility index (Phi) is 3.69. The summed E-state index contributed by atoms with van der Waals surface area (Å²) in [6, 6.07) is 14.8. The van der Waals surface area contributed by atoms with Gasteiger partial charge in [-0.25, -0.2) is 0 Å². The van der Waals surface area contributed by atoms with Crippen LogP contribution in [0.15, 0.2) is 42.5 Å². The number of ether oxygens (including phenoxy) is 1. The van der Waals surface area contributed by atoms with Crippen molar-refractivity contribution >= 4 is 10.8 Å². The van der Waals surface area contributed by atoms with Gasteiger partial charge >= 0.3 is 0 Å². The Balaban J connectivity index is 1.80. The van der Waals surface area contributed by atoms with E-state index in [0.717, 1.165) is 18.6 Å². The zero-order valence-corrected chi connectivity index (χ0v) is 11.2. The number of nitrogens with two attached hydrogens (primary N) is 1. The molecule has 0 aromatic heterocycles. The molecule has 2 N–H and O–H groups in total. The molecule has 1 fully saturated rings. The lowest BCUT2D eigenvalue weighted by Gasteiger charge is -2.23. The molecule has 19 heavy (non-hydrogen) atoms. The summed E-state index contributed by atoms with van der Waals surface area (Å²) in [5.74, 6) is 0.945. The largest absolute Gasteiger partial charge is 0.489 e. The van der Waals surface area contributed by atoms with Crippen molar-refractivity contribution in [2.45, 2.75) is 44.2 Å². The van der Waals surface area contributed by atoms with Crippen molar-refractivity contribution in [1.29, 1.82) is 0 Å². The molecule has 100 valence electrons. The van der Waals surface area contributed by atoms with Gasteiger partial charge in [0.2, 0.25) is 0 Å². The Morgan fingerprint density at radius 1 is 0.895 bits per heavy atom. The van der Waals surface area contributed by atoms with Crippen molar-refractivity contribution in [3.8, 4) is 5.75 Å². The Morgan fingerprint density at radius 3 is 2.58 bits per heavy atom. The average molecular weight is 255 g/mol. The number of benzene rings is 2. The second-order valence-corrected chi connectivity index (χ2v) is 5.47. The molecule has 2 unspecified atom stereocenters. The van der Waals surface area contributed by atoms with E-state index in [2.05, 4.69) is 42.5 Å². The fourth-order valence-electron chi connectivity index (χ4n) is 2.86. The molecular weight excluding hydrogens is 234 g/mol. The normalized spacial score (nSPS) is 24.1. The van der Waals surface area contributed by atoms with E-state index in [0.29, 0.717) is 0 Å². The average Bonchev–Trinajstić information content (AvgIpc) is 2.64. The van der Waals surface area contributed by atoms with E-state index in [9.17, 15) is 0 Å². The molecule has 0 amide bonds. The molecule has 2 aromatic carbocycles. The van der Waals surface area contributed by atoms with Gasteiger partial charge in [-0.15, -0.1) is 0 Å². The summed E-state index contributed by atoms with van der Waals surface area (Å²) in [4.78, 5) is 0. The number of rotatable bonds is 2. The fraction of sp³-hybridized carbons (Fsp3) is 0.412. The van der Waals surface area contributed by atoms with Crippen LogP contribution in [0.1, 0.15) is 32.1 Å². The van der Waals surface area contributed by atoms with Crippen molar-refractivity contribution in [3.63, 3.8) is 0 Å². The van der Waals surface area contributed by atoms with Gasteiger partial charge in [-0.1, -0.05) is 43.2 Å². The summed E-state index contributed by atoms with van der Waals surface area (Å²) in [7, 11) is 0. The van der Waals surface area contributed by atoms with Crippen LogP contribution in [0, 0.1) is 0 Å². The van der Waals surface area contributed by atoms with Gasteiger partial charge in [0.15, 0.2) is 0 Å². The maximum Gasteiger partial charge on any atom is 0.120 e. The Morgan fingerprint density at radius 2 is 1.68 bits per heavy atom. The van der Waals surface area contributed by atoms with Gasteiger partial charge in [-0.2, -0.15) is 0 Å². The van der Waals surface area contributed by atoms with Crippen LogP contribution in [-0.4, -0.2) is 12.1 Å². The van der Waals surface area contributed by atoms with E-state index in [-0.39, 0.29) is 12.1 Å². The van der Waals surface area contributed by atoms with Crippen LogP contribution in [0.4, 0.5) is 0 Å². The summed E-state index contributed by atoms with van der Waals surface area (Å²) in [6.07, 6.45) is 6.08. The van der Waals surface area contributed by atoms with Crippen LogP contribution < -0.4 is 10.5 Å². The first kappa shape index (κ1) is 12.5. The number of fused-ring (bicyclic) bond motifs is 1. The van der Waals surface area contributed by atoms with Gasteiger partial charge in [0.25, 0.3) is 0 Å². The minimum Gasteiger partial charge on any atom is -0.489 e. The first-order valence-corrected chi connectivity index (χ1v) is 7.24. The smallest absolute Gasteiger partial charge is 0.120 e. The highest BCUT2D eigenvalue weighted by Crippen LogP contribution is 2.25. The van der Waals surface area contributed by atoms with E-state index >= 15 is 0 Å². The molecule has 1 aliphatic carbocycles. The lowest BCUT2D eigenvalue weighted by atomic mass is 10.1. The van der Waals surface area contributed by atoms with Gasteiger partial charge in [0, 0.05) is 6.04 Å². The zero-order valence-electron chi connectivity index (χ0n) is 11.2. The molecule has 2 aromatic rings. The van der Waals surface area contributed by atoms with Crippen LogP contribution in [0.3, 0.4) is 0 Å². The van der Waals surface area contributed by atoms with Crippen LogP contribution in [0.2, 0.25) is 0 Å². The summed E-state index contributed by atoms with van der Waals surface area (Å²) in [5.41, 5.74) is 6.21. The summed E-state index contributed by atoms with van der Waals surface area (Å²) < 4.78 is 6.13. The summed E-state index contributed by atoms with van der Waals surface area (Å²) in [6.45, 7) is 0. The standard InChI is InChI=1S/C17H21NO/c18-16-8-2-1-3-9-17(16)19-15-11-10-13-6-4-5-7-14(13)12-15/h4-7,10-12,16-17H,1-3,8-9,18H2. The number of hydrogen-bond acceptors (Lipinski definition) is 2. The predicted molar refractivity (Wildman–Crippen MR) is 79.4 cm³/mol. The van der Waals surface area contributed by atoms with E-state index in [1.54, 1.807) is 0 Å². The molecule has 0 radical (unpaired) electrons. The Hall–Kier alpha value is -1.54. The van der Waals surface area contributed by atoms with Crippen molar-refractivity contribution in [3.05, 3.63) is 42.5 Å². The van der Waals surface area contributed by atoms with Crippen LogP contribution in [0.25, 0.3) is 10.8 Å². The first-order valence-electron chi connectivity index (χ1n) is 7.24. The van der Waals surface area contributed by atoms with Crippen molar-refractivity contribution in [1.82, 2.24) is 0 Å². The lowest BCUT2D eigenvalue weighted by Crippen LogP contribution is -2.37. The van der Waals surface area contributed by atoms with E-state index < -0.39 is 0 Å². The van der Waals surface area contributed by atoms with Crippen LogP contribution in [-0.2, 0) is 0 Å².